The van der Waals surface area contributed by atoms with Crippen LogP contribution in [0.4, 0.5) is 0 Å². The van der Waals surface area contributed by atoms with E-state index in [1.165, 1.54) is 12.1 Å². The number of rotatable bonds is 6. The molecule has 0 fully saturated rings. The van der Waals surface area contributed by atoms with E-state index >= 15 is 0 Å². The summed E-state index contributed by atoms with van der Waals surface area (Å²) in [5, 5.41) is 9.63. The van der Waals surface area contributed by atoms with Gasteiger partial charge in [0.2, 0.25) is 15.9 Å². The van der Waals surface area contributed by atoms with Gasteiger partial charge >= 0.3 is 4.87 Å². The molecule has 1 atom stereocenters. The monoisotopic (exact) mass is 369 g/mol. The quantitative estimate of drug-likeness (QED) is 0.795. The van der Waals surface area contributed by atoms with Gasteiger partial charge in [-0.2, -0.15) is 0 Å². The number of primary sulfonamides is 1. The van der Waals surface area contributed by atoms with Crippen LogP contribution in [0.25, 0.3) is 0 Å². The summed E-state index contributed by atoms with van der Waals surface area (Å²) in [5.41, 5.74) is 1.60. The smallest absolute Gasteiger partial charge is 0.307 e. The number of aromatic nitrogens is 1. The van der Waals surface area contributed by atoms with Crippen molar-refractivity contribution in [1.82, 2.24) is 9.88 Å². The molecule has 0 radical (unpaired) electrons. The number of carbonyl (C=O) groups is 1. The second-order valence-corrected chi connectivity index (χ2v) is 7.83. The number of nitrogens with one attached hydrogen (secondary N) is 1. The average Bonchev–Trinajstić information content (AvgIpc) is 2.83. The standard InChI is InChI=1S/C15H19N3O4S2/c1-10-9-23-15(20)18(10)8-7-14(19)17-11(2)12-3-5-13(6-4-12)24(16,21)22/h3-6,9,11H,7-8H2,1-2H3,(H,17,19)(H2,16,21,22). The van der Waals surface area contributed by atoms with Crippen LogP contribution in [-0.4, -0.2) is 18.9 Å². The van der Waals surface area contributed by atoms with Crippen LogP contribution < -0.4 is 15.3 Å². The first-order valence-electron chi connectivity index (χ1n) is 7.25. The maximum absolute atomic E-state index is 12.0. The van der Waals surface area contributed by atoms with Crippen LogP contribution in [0.5, 0.6) is 0 Å². The molecule has 1 aromatic carbocycles. The van der Waals surface area contributed by atoms with Crippen LogP contribution in [-0.2, 0) is 21.4 Å². The van der Waals surface area contributed by atoms with E-state index in [1.54, 1.807) is 29.0 Å². The van der Waals surface area contributed by atoms with Crippen LogP contribution in [0.1, 0.15) is 30.6 Å². The molecule has 0 aliphatic carbocycles. The van der Waals surface area contributed by atoms with Gasteiger partial charge in [0.15, 0.2) is 0 Å². The minimum atomic E-state index is -3.73. The lowest BCUT2D eigenvalue weighted by Crippen LogP contribution is -2.28. The summed E-state index contributed by atoms with van der Waals surface area (Å²) in [4.78, 5) is 23.6. The number of nitrogens with zero attached hydrogens (tertiary/aromatic N) is 1. The molecule has 9 heteroatoms. The molecule has 3 N–H and O–H groups in total. The van der Waals surface area contributed by atoms with Gasteiger partial charge in [-0.05, 0) is 31.5 Å². The molecule has 0 bridgehead atoms. The molecule has 1 heterocycles. The highest BCUT2D eigenvalue weighted by Crippen LogP contribution is 2.15. The Labute approximate surface area is 144 Å². The number of thiazole rings is 1. The van der Waals surface area contributed by atoms with Gasteiger partial charge in [0.05, 0.1) is 10.9 Å². The minimum absolute atomic E-state index is 0.0251. The molecule has 0 saturated carbocycles. The highest BCUT2D eigenvalue weighted by atomic mass is 32.2. The maximum atomic E-state index is 12.0. The third-order valence-electron chi connectivity index (χ3n) is 3.63. The Kier molecular flexibility index (Phi) is 5.58. The highest BCUT2D eigenvalue weighted by Gasteiger charge is 2.13. The minimum Gasteiger partial charge on any atom is -0.350 e. The lowest BCUT2D eigenvalue weighted by atomic mass is 10.1. The predicted octanol–water partition coefficient (Wildman–Crippen LogP) is 1.13. The first kappa shape index (κ1) is 18.4. The normalized spacial score (nSPS) is 12.8. The molecule has 0 spiro atoms. The van der Waals surface area contributed by atoms with Gasteiger partial charge in [-0.25, -0.2) is 13.6 Å². The van der Waals surface area contributed by atoms with E-state index in [0.29, 0.717) is 6.54 Å². The van der Waals surface area contributed by atoms with E-state index in [-0.39, 0.29) is 28.1 Å². The molecular weight excluding hydrogens is 350 g/mol. The number of benzene rings is 1. The van der Waals surface area contributed by atoms with E-state index in [0.717, 1.165) is 22.6 Å². The molecule has 2 aromatic rings. The topological polar surface area (TPSA) is 111 Å². The van der Waals surface area contributed by atoms with Gasteiger partial charge in [-0.15, -0.1) is 0 Å². The zero-order valence-corrected chi connectivity index (χ0v) is 15.0. The molecule has 2 rings (SSSR count). The SMILES string of the molecule is Cc1csc(=O)n1CCC(=O)NC(C)c1ccc(S(N)(=O)=O)cc1. The van der Waals surface area contributed by atoms with Gasteiger partial charge in [0.25, 0.3) is 0 Å². The third-order valence-corrected chi connectivity index (χ3v) is 5.44. The fourth-order valence-electron chi connectivity index (χ4n) is 2.23. The second kappa shape index (κ2) is 7.29. The Morgan fingerprint density at radius 2 is 1.96 bits per heavy atom. The summed E-state index contributed by atoms with van der Waals surface area (Å²) in [6.07, 6.45) is 0.192. The Morgan fingerprint density at radius 3 is 2.46 bits per heavy atom. The van der Waals surface area contributed by atoms with Gasteiger partial charge in [-0.3, -0.25) is 9.59 Å². The van der Waals surface area contributed by atoms with E-state index in [1.807, 2.05) is 6.92 Å². The summed E-state index contributed by atoms with van der Waals surface area (Å²) in [7, 11) is -3.73. The van der Waals surface area contributed by atoms with Gasteiger partial charge in [0, 0.05) is 24.0 Å². The summed E-state index contributed by atoms with van der Waals surface area (Å²) in [5.74, 6) is -0.185. The second-order valence-electron chi connectivity index (χ2n) is 5.45. The molecule has 0 saturated heterocycles. The van der Waals surface area contributed by atoms with Crippen molar-refractivity contribution in [3.05, 3.63) is 50.6 Å². The van der Waals surface area contributed by atoms with Crippen molar-refractivity contribution in [2.24, 2.45) is 5.14 Å². The van der Waals surface area contributed by atoms with E-state index < -0.39 is 10.0 Å². The molecule has 24 heavy (non-hydrogen) atoms. The highest BCUT2D eigenvalue weighted by molar-refractivity contribution is 7.89. The van der Waals surface area contributed by atoms with Crippen LogP contribution in [0.2, 0.25) is 0 Å². The predicted molar refractivity (Wildman–Crippen MR) is 92.3 cm³/mol. The molecule has 7 nitrogen and oxygen atoms in total. The Bertz CT molecular complexity index is 882. The molecule has 0 aliphatic rings. The van der Waals surface area contributed by atoms with Crippen LogP contribution >= 0.6 is 11.3 Å². The number of carbonyl (C=O) groups excluding carboxylic acids is 1. The number of hydrogen-bond donors (Lipinski definition) is 2. The van der Waals surface area contributed by atoms with Crippen molar-refractivity contribution in [3.63, 3.8) is 0 Å². The summed E-state index contributed by atoms with van der Waals surface area (Å²) < 4.78 is 24.0. The van der Waals surface area contributed by atoms with Crippen molar-refractivity contribution < 1.29 is 13.2 Å². The molecule has 0 aliphatic heterocycles. The largest absolute Gasteiger partial charge is 0.350 e. The molecular formula is C15H19N3O4S2. The summed E-state index contributed by atoms with van der Waals surface area (Å²) >= 11 is 1.11. The Hall–Kier alpha value is -1.97. The summed E-state index contributed by atoms with van der Waals surface area (Å²) in [6, 6.07) is 5.74. The summed E-state index contributed by atoms with van der Waals surface area (Å²) in [6.45, 7) is 3.95. The van der Waals surface area contributed by atoms with Crippen LogP contribution in [0.15, 0.2) is 39.3 Å². The Balaban J connectivity index is 1.95. The fraction of sp³-hybridized carbons (Fsp3) is 0.333. The zero-order chi connectivity index (χ0) is 17.9. The van der Waals surface area contributed by atoms with Crippen LogP contribution in [0, 0.1) is 6.92 Å². The number of aryl methyl sites for hydroxylation is 1. The average molecular weight is 369 g/mol. The zero-order valence-electron chi connectivity index (χ0n) is 13.4. The number of hydrogen-bond acceptors (Lipinski definition) is 5. The lowest BCUT2D eigenvalue weighted by Gasteiger charge is -2.15. The fourth-order valence-corrected chi connectivity index (χ4v) is 3.51. The van der Waals surface area contributed by atoms with Crippen molar-refractivity contribution in [3.8, 4) is 0 Å². The molecule has 1 amide bonds. The van der Waals surface area contributed by atoms with Crippen molar-refractivity contribution in [2.75, 3.05) is 0 Å². The van der Waals surface area contributed by atoms with Crippen molar-refractivity contribution in [1.29, 1.82) is 0 Å². The lowest BCUT2D eigenvalue weighted by molar-refractivity contribution is -0.121. The van der Waals surface area contributed by atoms with Gasteiger partial charge in [0.1, 0.15) is 0 Å². The van der Waals surface area contributed by atoms with Crippen molar-refractivity contribution in [2.45, 2.75) is 37.8 Å². The molecule has 1 unspecified atom stereocenters. The third kappa shape index (κ3) is 4.53. The maximum Gasteiger partial charge on any atom is 0.307 e. The Morgan fingerprint density at radius 1 is 1.33 bits per heavy atom. The first-order valence-corrected chi connectivity index (χ1v) is 9.68. The van der Waals surface area contributed by atoms with Crippen molar-refractivity contribution >= 4 is 27.3 Å². The van der Waals surface area contributed by atoms with Crippen LogP contribution in [0.3, 0.4) is 0 Å². The molecule has 130 valence electrons. The van der Waals surface area contributed by atoms with E-state index in [4.69, 9.17) is 5.14 Å². The number of sulfonamides is 1. The number of nitrogens with two attached hydrogens (primary N) is 1. The first-order chi connectivity index (χ1) is 11.2. The van der Waals surface area contributed by atoms with Gasteiger partial charge in [-0.1, -0.05) is 23.5 Å². The van der Waals surface area contributed by atoms with E-state index in [2.05, 4.69) is 5.32 Å². The number of amides is 1. The van der Waals surface area contributed by atoms with E-state index in [9.17, 15) is 18.0 Å². The molecule has 1 aromatic heterocycles. The van der Waals surface area contributed by atoms with Gasteiger partial charge < -0.3 is 9.88 Å².